The number of piperidine rings is 1. The molecule has 19 heavy (non-hydrogen) atoms. The summed E-state index contributed by atoms with van der Waals surface area (Å²) in [6.45, 7) is 5.53. The first kappa shape index (κ1) is 14.2. The van der Waals surface area contributed by atoms with Crippen LogP contribution in [0.15, 0.2) is 0 Å². The van der Waals surface area contributed by atoms with E-state index < -0.39 is 0 Å². The topological polar surface area (TPSA) is 82.2 Å². The van der Waals surface area contributed by atoms with E-state index in [9.17, 15) is 4.79 Å². The van der Waals surface area contributed by atoms with Crippen LogP contribution >= 0.6 is 0 Å². The molecule has 2 rings (SSSR count). The lowest BCUT2D eigenvalue weighted by Crippen LogP contribution is -2.49. The Labute approximate surface area is 115 Å². The molecule has 0 aromatic rings. The molecule has 2 fully saturated rings. The molecule has 0 aromatic carbocycles. The van der Waals surface area contributed by atoms with Crippen molar-refractivity contribution in [2.45, 2.75) is 52.0 Å². The van der Waals surface area contributed by atoms with Gasteiger partial charge in [0.05, 0.1) is 0 Å². The zero-order valence-electron chi connectivity index (χ0n) is 12.0. The van der Waals surface area contributed by atoms with E-state index in [0.717, 1.165) is 32.4 Å². The van der Waals surface area contributed by atoms with Crippen molar-refractivity contribution in [3.05, 3.63) is 0 Å². The second-order valence-electron chi connectivity index (χ2n) is 6.27. The molecule has 0 radical (unpaired) electrons. The summed E-state index contributed by atoms with van der Waals surface area (Å²) in [4.78, 5) is 13.7. The van der Waals surface area contributed by atoms with Gasteiger partial charge in [0.25, 0.3) is 0 Å². The average molecular weight is 266 g/mol. The van der Waals surface area contributed by atoms with E-state index in [1.54, 1.807) is 6.92 Å². The summed E-state index contributed by atoms with van der Waals surface area (Å²) in [5.41, 5.74) is 5.79. The standard InChI is InChI=1S/C14H26N4O/c1-10-8-14(5-6-14)12(9-18(10)11(2)19)4-3-7-17-13(15)16/h10,12H,3-9H2,1-2H3,(H4,15,16,17)/t10-,12-/m0/s1. The normalized spacial score (nSPS) is 28.2. The van der Waals surface area contributed by atoms with Gasteiger partial charge in [-0.1, -0.05) is 0 Å². The molecule has 1 amide bonds. The molecule has 5 nitrogen and oxygen atoms in total. The van der Waals surface area contributed by atoms with Gasteiger partial charge in [0.15, 0.2) is 5.96 Å². The van der Waals surface area contributed by atoms with Crippen molar-refractivity contribution in [2.24, 2.45) is 17.1 Å². The zero-order chi connectivity index (χ0) is 14.0. The molecule has 1 saturated heterocycles. The van der Waals surface area contributed by atoms with Gasteiger partial charge in [-0.15, -0.1) is 0 Å². The third kappa shape index (κ3) is 3.19. The first-order chi connectivity index (χ1) is 8.94. The minimum atomic E-state index is 0.0452. The summed E-state index contributed by atoms with van der Waals surface area (Å²) < 4.78 is 0. The van der Waals surface area contributed by atoms with Gasteiger partial charge in [-0.3, -0.25) is 10.2 Å². The van der Waals surface area contributed by atoms with E-state index in [1.807, 2.05) is 4.90 Å². The molecular formula is C14H26N4O. The van der Waals surface area contributed by atoms with E-state index in [0.29, 0.717) is 17.4 Å². The van der Waals surface area contributed by atoms with Gasteiger partial charge in [0, 0.05) is 26.1 Å². The largest absolute Gasteiger partial charge is 0.370 e. The monoisotopic (exact) mass is 266 g/mol. The number of guanidine groups is 1. The molecule has 0 unspecified atom stereocenters. The number of hydrogen-bond acceptors (Lipinski definition) is 2. The lowest BCUT2D eigenvalue weighted by atomic mass is 9.77. The van der Waals surface area contributed by atoms with Crippen molar-refractivity contribution in [1.82, 2.24) is 10.2 Å². The van der Waals surface area contributed by atoms with Gasteiger partial charge in [0.2, 0.25) is 5.91 Å². The molecule has 1 aliphatic heterocycles. The fraction of sp³-hybridized carbons (Fsp3) is 0.857. The van der Waals surface area contributed by atoms with Crippen molar-refractivity contribution in [1.29, 1.82) is 5.41 Å². The Morgan fingerprint density at radius 3 is 2.74 bits per heavy atom. The molecule has 1 aliphatic carbocycles. The van der Waals surface area contributed by atoms with Crippen molar-refractivity contribution in [3.8, 4) is 0 Å². The van der Waals surface area contributed by atoms with Gasteiger partial charge in [-0.25, -0.2) is 0 Å². The SMILES string of the molecule is CC(=O)N1C[C@H](CCCNC(=N)N)C2(CC2)C[C@@H]1C. The quantitative estimate of drug-likeness (QED) is 0.407. The molecule has 2 atom stereocenters. The highest BCUT2D eigenvalue weighted by atomic mass is 16.2. The number of amides is 1. The number of nitrogens with two attached hydrogens (primary N) is 1. The summed E-state index contributed by atoms with van der Waals surface area (Å²) in [5.74, 6) is 0.875. The maximum atomic E-state index is 11.7. The zero-order valence-corrected chi connectivity index (χ0v) is 12.0. The highest BCUT2D eigenvalue weighted by Crippen LogP contribution is 2.59. The summed E-state index contributed by atoms with van der Waals surface area (Å²) in [6, 6.07) is 0.395. The number of carbonyl (C=O) groups is 1. The van der Waals surface area contributed by atoms with E-state index in [2.05, 4.69) is 12.2 Å². The van der Waals surface area contributed by atoms with Crippen LogP contribution in [0.25, 0.3) is 0 Å². The van der Waals surface area contributed by atoms with Crippen LogP contribution in [-0.2, 0) is 4.79 Å². The summed E-state index contributed by atoms with van der Waals surface area (Å²) >= 11 is 0. The number of nitrogens with zero attached hydrogens (tertiary/aromatic N) is 1. The number of rotatable bonds is 4. The van der Waals surface area contributed by atoms with Gasteiger partial charge < -0.3 is 16.0 Å². The van der Waals surface area contributed by atoms with Crippen molar-refractivity contribution in [3.63, 3.8) is 0 Å². The first-order valence-corrected chi connectivity index (χ1v) is 7.30. The van der Waals surface area contributed by atoms with Gasteiger partial charge in [0.1, 0.15) is 0 Å². The number of hydrogen-bond donors (Lipinski definition) is 3. The molecule has 108 valence electrons. The Balaban J connectivity index is 1.87. The summed E-state index contributed by atoms with van der Waals surface area (Å²) in [6.07, 6.45) is 5.96. The Hall–Kier alpha value is -1.26. The number of nitrogens with one attached hydrogen (secondary N) is 2. The third-order valence-corrected chi connectivity index (χ3v) is 4.86. The Bertz CT molecular complexity index is 364. The van der Waals surface area contributed by atoms with E-state index >= 15 is 0 Å². The molecule has 1 spiro atoms. The van der Waals surface area contributed by atoms with Crippen molar-refractivity contribution >= 4 is 11.9 Å². The molecule has 0 bridgehead atoms. The summed E-state index contributed by atoms with van der Waals surface area (Å²) in [5, 5.41) is 9.99. The molecule has 1 heterocycles. The molecule has 2 aliphatic rings. The van der Waals surface area contributed by atoms with Crippen molar-refractivity contribution in [2.75, 3.05) is 13.1 Å². The fourth-order valence-corrected chi connectivity index (χ4v) is 3.66. The van der Waals surface area contributed by atoms with E-state index in [1.165, 1.54) is 12.8 Å². The highest BCUT2D eigenvalue weighted by Gasteiger charge is 2.53. The predicted octanol–water partition coefficient (Wildman–Crippen LogP) is 1.29. The van der Waals surface area contributed by atoms with Crippen LogP contribution in [0.5, 0.6) is 0 Å². The Kier molecular flexibility index (Phi) is 4.02. The van der Waals surface area contributed by atoms with E-state index in [4.69, 9.17) is 11.1 Å². The molecule has 1 saturated carbocycles. The first-order valence-electron chi connectivity index (χ1n) is 7.30. The van der Waals surface area contributed by atoms with Crippen LogP contribution < -0.4 is 11.1 Å². The Morgan fingerprint density at radius 2 is 2.21 bits per heavy atom. The van der Waals surface area contributed by atoms with Crippen LogP contribution in [-0.4, -0.2) is 35.9 Å². The summed E-state index contributed by atoms with van der Waals surface area (Å²) in [7, 11) is 0. The van der Waals surface area contributed by atoms with Gasteiger partial charge in [-0.2, -0.15) is 0 Å². The lowest BCUT2D eigenvalue weighted by Gasteiger charge is -2.43. The molecule has 5 heteroatoms. The average Bonchev–Trinajstić information content (AvgIpc) is 3.06. The Morgan fingerprint density at radius 1 is 1.53 bits per heavy atom. The second-order valence-corrected chi connectivity index (χ2v) is 6.27. The van der Waals surface area contributed by atoms with Gasteiger partial charge >= 0.3 is 0 Å². The minimum absolute atomic E-state index is 0.0452. The fourth-order valence-electron chi connectivity index (χ4n) is 3.66. The van der Waals surface area contributed by atoms with Crippen LogP contribution in [0.1, 0.15) is 46.0 Å². The second kappa shape index (κ2) is 5.39. The minimum Gasteiger partial charge on any atom is -0.370 e. The number of carbonyl (C=O) groups excluding carboxylic acids is 1. The maximum absolute atomic E-state index is 11.7. The van der Waals surface area contributed by atoms with Crippen LogP contribution in [0.2, 0.25) is 0 Å². The molecule has 0 aromatic heterocycles. The molecular weight excluding hydrogens is 240 g/mol. The smallest absolute Gasteiger partial charge is 0.219 e. The van der Waals surface area contributed by atoms with Gasteiger partial charge in [-0.05, 0) is 50.4 Å². The molecule has 4 N–H and O–H groups in total. The van der Waals surface area contributed by atoms with E-state index in [-0.39, 0.29) is 11.9 Å². The van der Waals surface area contributed by atoms with Crippen LogP contribution in [0.3, 0.4) is 0 Å². The predicted molar refractivity (Wildman–Crippen MR) is 75.8 cm³/mol. The van der Waals surface area contributed by atoms with Crippen molar-refractivity contribution < 1.29 is 4.79 Å². The highest BCUT2D eigenvalue weighted by molar-refractivity contribution is 5.74. The maximum Gasteiger partial charge on any atom is 0.219 e. The third-order valence-electron chi connectivity index (χ3n) is 4.86. The lowest BCUT2D eigenvalue weighted by molar-refractivity contribution is -0.135. The van der Waals surface area contributed by atoms with Crippen LogP contribution in [0.4, 0.5) is 0 Å². The number of likely N-dealkylation sites (tertiary alicyclic amines) is 1. The van der Waals surface area contributed by atoms with Crippen LogP contribution in [0, 0.1) is 16.7 Å².